The summed E-state index contributed by atoms with van der Waals surface area (Å²) >= 11 is 0. The number of rotatable bonds is 9. The molecule has 1 aliphatic heterocycles. The maximum Gasteiger partial charge on any atom is 0.219 e. The molecule has 0 aliphatic carbocycles. The molecule has 0 aromatic rings. The van der Waals surface area contributed by atoms with Gasteiger partial charge < -0.3 is 15.3 Å². The van der Waals surface area contributed by atoms with Gasteiger partial charge in [0.2, 0.25) is 5.91 Å². The van der Waals surface area contributed by atoms with E-state index in [9.17, 15) is 9.90 Å². The van der Waals surface area contributed by atoms with Gasteiger partial charge in [0.25, 0.3) is 0 Å². The Kier molecular flexibility index (Phi) is 8.22. The van der Waals surface area contributed by atoms with Crippen molar-refractivity contribution in [2.24, 2.45) is 0 Å². The highest BCUT2D eigenvalue weighted by atomic mass is 16.3. The summed E-state index contributed by atoms with van der Waals surface area (Å²) in [7, 11) is 0. The van der Waals surface area contributed by atoms with Crippen molar-refractivity contribution in [1.29, 1.82) is 0 Å². The molecular formula is C15H28N4O2. The molecule has 0 aromatic heterocycles. The number of nitrogens with one attached hydrogen (secondary N) is 3. The number of amides is 1. The fraction of sp³-hybridized carbons (Fsp3) is 0.667. The smallest absolute Gasteiger partial charge is 0.219 e. The largest absolute Gasteiger partial charge is 0.390 e. The van der Waals surface area contributed by atoms with Crippen molar-refractivity contribution < 1.29 is 9.90 Å². The highest BCUT2D eigenvalue weighted by Crippen LogP contribution is 2.09. The van der Waals surface area contributed by atoms with E-state index in [0.29, 0.717) is 25.7 Å². The second-order valence-electron chi connectivity index (χ2n) is 5.45. The van der Waals surface area contributed by atoms with Crippen LogP contribution in [-0.4, -0.2) is 60.8 Å². The van der Waals surface area contributed by atoms with E-state index in [1.165, 1.54) is 0 Å². The first-order valence-corrected chi connectivity index (χ1v) is 7.45. The molecule has 1 fully saturated rings. The Morgan fingerprint density at radius 2 is 2.10 bits per heavy atom. The maximum absolute atomic E-state index is 11.2. The summed E-state index contributed by atoms with van der Waals surface area (Å²) in [5.74, 6) is 0.143. The second kappa shape index (κ2) is 9.68. The predicted octanol–water partition coefficient (Wildman–Crippen LogP) is -0.216. The van der Waals surface area contributed by atoms with Crippen molar-refractivity contribution >= 4 is 5.91 Å². The Balaban J connectivity index is 2.04. The van der Waals surface area contributed by atoms with Crippen LogP contribution in [0.1, 0.15) is 19.8 Å². The third-order valence-electron chi connectivity index (χ3n) is 3.60. The first kappa shape index (κ1) is 17.8. The lowest BCUT2D eigenvalue weighted by Gasteiger charge is -2.32. The van der Waals surface area contributed by atoms with Crippen LogP contribution in [0, 0.1) is 0 Å². The lowest BCUT2D eigenvalue weighted by molar-refractivity contribution is -0.129. The number of hydrogen-bond donors (Lipinski definition) is 4. The Bertz CT molecular complexity index is 352. The quantitative estimate of drug-likeness (QED) is 0.350. The molecule has 0 saturated carbocycles. The van der Waals surface area contributed by atoms with Crippen molar-refractivity contribution in [2.75, 3.05) is 32.7 Å². The molecule has 6 heteroatoms. The highest BCUT2D eigenvalue weighted by Gasteiger charge is 2.20. The molecule has 0 spiro atoms. The van der Waals surface area contributed by atoms with E-state index in [1.54, 1.807) is 13.0 Å². The molecule has 1 amide bonds. The Morgan fingerprint density at radius 3 is 2.67 bits per heavy atom. The number of nitrogens with zero attached hydrogens (tertiary/aromatic N) is 1. The summed E-state index contributed by atoms with van der Waals surface area (Å²) in [6.07, 6.45) is 3.10. The van der Waals surface area contributed by atoms with E-state index in [4.69, 9.17) is 0 Å². The third-order valence-corrected chi connectivity index (χ3v) is 3.60. The van der Waals surface area contributed by atoms with Gasteiger partial charge >= 0.3 is 0 Å². The zero-order valence-electron chi connectivity index (χ0n) is 12.9. The van der Waals surface area contributed by atoms with Crippen molar-refractivity contribution in [3.8, 4) is 0 Å². The van der Waals surface area contributed by atoms with Crippen molar-refractivity contribution in [3.63, 3.8) is 0 Å². The van der Waals surface area contributed by atoms with Gasteiger partial charge in [-0.3, -0.25) is 15.6 Å². The van der Waals surface area contributed by atoms with Gasteiger partial charge in [0.05, 0.1) is 6.10 Å². The van der Waals surface area contributed by atoms with Crippen molar-refractivity contribution in [3.05, 3.63) is 24.8 Å². The van der Waals surface area contributed by atoms with Crippen molar-refractivity contribution in [1.82, 2.24) is 21.1 Å². The summed E-state index contributed by atoms with van der Waals surface area (Å²) in [6.45, 7) is 12.2. The predicted molar refractivity (Wildman–Crippen MR) is 84.6 cm³/mol. The molecule has 21 heavy (non-hydrogen) atoms. The Morgan fingerprint density at radius 1 is 1.43 bits per heavy atom. The van der Waals surface area contributed by atoms with Crippen LogP contribution < -0.4 is 16.2 Å². The molecule has 1 rings (SSSR count). The van der Waals surface area contributed by atoms with Crippen LogP contribution in [0.2, 0.25) is 0 Å². The summed E-state index contributed by atoms with van der Waals surface area (Å²) in [6, 6.07) is 0.348. The number of carbonyl (C=O) groups excluding carboxylic acids is 1. The van der Waals surface area contributed by atoms with E-state index < -0.39 is 6.10 Å². The molecule has 1 heterocycles. The number of carbonyl (C=O) groups is 1. The molecule has 0 aromatic carbocycles. The summed E-state index contributed by atoms with van der Waals surface area (Å²) in [4.78, 5) is 13.1. The molecule has 0 unspecified atom stereocenters. The highest BCUT2D eigenvalue weighted by molar-refractivity contribution is 5.73. The Hall–Kier alpha value is -1.21. The third kappa shape index (κ3) is 7.38. The monoisotopic (exact) mass is 296 g/mol. The van der Waals surface area contributed by atoms with Crippen LogP contribution in [0.3, 0.4) is 0 Å². The van der Waals surface area contributed by atoms with Crippen LogP contribution >= 0.6 is 0 Å². The molecule has 0 bridgehead atoms. The molecule has 1 atom stereocenters. The minimum Gasteiger partial charge on any atom is -0.390 e. The molecule has 1 saturated heterocycles. The van der Waals surface area contributed by atoms with Crippen LogP contribution in [0.25, 0.3) is 0 Å². The van der Waals surface area contributed by atoms with Crippen LogP contribution in [0.4, 0.5) is 0 Å². The van der Waals surface area contributed by atoms with Gasteiger partial charge in [0.15, 0.2) is 0 Å². The molecule has 1 aliphatic rings. The number of hydrazine groups is 1. The summed E-state index contributed by atoms with van der Waals surface area (Å²) in [5, 5.41) is 12.9. The van der Waals surface area contributed by atoms with Gasteiger partial charge in [-0.15, -0.1) is 0 Å². The first-order chi connectivity index (χ1) is 10.0. The molecular weight excluding hydrogens is 268 g/mol. The van der Waals surface area contributed by atoms with Gasteiger partial charge in [-0.25, -0.2) is 0 Å². The molecule has 6 nitrogen and oxygen atoms in total. The maximum atomic E-state index is 11.2. The van der Waals surface area contributed by atoms with Crippen molar-refractivity contribution in [2.45, 2.75) is 31.9 Å². The van der Waals surface area contributed by atoms with Gasteiger partial charge in [-0.1, -0.05) is 19.2 Å². The fourth-order valence-corrected chi connectivity index (χ4v) is 2.20. The normalized spacial score (nSPS) is 17.5. The van der Waals surface area contributed by atoms with Gasteiger partial charge in [-0.2, -0.15) is 0 Å². The van der Waals surface area contributed by atoms with Crippen LogP contribution in [0.5, 0.6) is 0 Å². The van der Waals surface area contributed by atoms with Gasteiger partial charge in [-0.05, 0) is 18.4 Å². The van der Waals surface area contributed by atoms with E-state index in [0.717, 1.165) is 31.5 Å². The number of hydrogen-bond acceptors (Lipinski definition) is 5. The minimum atomic E-state index is -0.465. The average Bonchev–Trinajstić information content (AvgIpc) is 2.47. The number of piperidine rings is 1. The van der Waals surface area contributed by atoms with E-state index in [2.05, 4.69) is 29.3 Å². The van der Waals surface area contributed by atoms with E-state index in [1.807, 2.05) is 4.90 Å². The zero-order chi connectivity index (χ0) is 15.7. The van der Waals surface area contributed by atoms with Crippen LogP contribution in [-0.2, 0) is 4.79 Å². The lowest BCUT2D eigenvalue weighted by Crippen LogP contribution is -2.51. The standard InChI is InChI=1S/C15H28N4O2/c1-4-12(2)9-16-10-15(21)11-17-18-14-5-7-19(8-6-14)13(3)20/h4,14-18,21H,1-2,5-11H2,3H3/t15-/m1/s1. The van der Waals surface area contributed by atoms with E-state index >= 15 is 0 Å². The SMILES string of the molecule is C=CC(=C)CNC[C@@H](O)CNNC1CCN(C(C)=O)CC1. The lowest BCUT2D eigenvalue weighted by atomic mass is 10.1. The first-order valence-electron chi connectivity index (χ1n) is 7.45. The fourth-order valence-electron chi connectivity index (χ4n) is 2.20. The van der Waals surface area contributed by atoms with Gasteiger partial charge in [0, 0.05) is 45.7 Å². The average molecular weight is 296 g/mol. The summed E-state index contributed by atoms with van der Waals surface area (Å²) < 4.78 is 0. The number of likely N-dealkylation sites (tertiary alicyclic amines) is 1. The van der Waals surface area contributed by atoms with E-state index in [-0.39, 0.29) is 5.91 Å². The number of aliphatic hydroxyl groups excluding tert-OH is 1. The zero-order valence-corrected chi connectivity index (χ0v) is 12.9. The second-order valence-corrected chi connectivity index (χ2v) is 5.45. The van der Waals surface area contributed by atoms with Gasteiger partial charge in [0.1, 0.15) is 0 Å². The molecule has 4 N–H and O–H groups in total. The Labute approximate surface area is 127 Å². The molecule has 0 radical (unpaired) electrons. The summed E-state index contributed by atoms with van der Waals surface area (Å²) in [5.41, 5.74) is 7.19. The topological polar surface area (TPSA) is 76.6 Å². The minimum absolute atomic E-state index is 0.143. The molecule has 120 valence electrons. The van der Waals surface area contributed by atoms with Crippen LogP contribution in [0.15, 0.2) is 24.8 Å². The number of aliphatic hydroxyl groups is 1.